The molecule has 0 aliphatic heterocycles. The average Bonchev–Trinajstić information content (AvgIpc) is 3.08. The Bertz CT molecular complexity index is 607. The van der Waals surface area contributed by atoms with Crippen LogP contribution in [0.3, 0.4) is 0 Å². The number of fused-ring (bicyclic) bond motifs is 5. The highest BCUT2D eigenvalue weighted by molar-refractivity contribution is 5.28. The Kier molecular flexibility index (Phi) is 6.29. The smallest absolute Gasteiger partial charge is 0.0459 e. The van der Waals surface area contributed by atoms with E-state index >= 15 is 0 Å². The lowest BCUT2D eigenvalue weighted by atomic mass is 9.48. The Labute approximate surface area is 181 Å². The highest BCUT2D eigenvalue weighted by atomic mass is 16.3. The fraction of sp³-hybridized carbons (Fsp3) is 0.929. The molecule has 1 N–H and O–H groups in total. The summed E-state index contributed by atoms with van der Waals surface area (Å²) in [7, 11) is 0. The molecular weight excluding hydrogens is 352 g/mol. The van der Waals surface area contributed by atoms with Crippen LogP contribution in [0.15, 0.2) is 11.6 Å². The summed E-state index contributed by atoms with van der Waals surface area (Å²) in [4.78, 5) is 0. The minimum atomic E-state index is 0.341. The van der Waals surface area contributed by atoms with Crippen LogP contribution in [-0.4, -0.2) is 11.7 Å². The summed E-state index contributed by atoms with van der Waals surface area (Å²) in [5.74, 6) is 5.65. The van der Waals surface area contributed by atoms with E-state index in [0.29, 0.717) is 29.3 Å². The molecule has 0 spiro atoms. The van der Waals surface area contributed by atoms with Crippen LogP contribution in [0.25, 0.3) is 0 Å². The second-order valence-electron chi connectivity index (χ2n) is 12.4. The number of allylic oxidation sites excluding steroid dienone is 2. The van der Waals surface area contributed by atoms with E-state index in [0.717, 1.165) is 29.6 Å². The summed E-state index contributed by atoms with van der Waals surface area (Å²) in [5.41, 5.74) is 3.01. The Morgan fingerprint density at radius 1 is 0.966 bits per heavy atom. The van der Waals surface area contributed by atoms with Gasteiger partial charge in [0.2, 0.25) is 0 Å². The fourth-order valence-corrected chi connectivity index (χ4v) is 8.72. The maximum Gasteiger partial charge on any atom is 0.0459 e. The standard InChI is InChI=1S/C28H48O/c1-19(21(3)18-29)9-10-20(2)24-13-14-25-23-12-11-22-8-6-7-16-27(22,4)26(23)15-17-28(24,25)5/h15,19-25,29H,6-14,16-18H2,1-5H3/t19-,20+,21?,22?,23-,24+,25-,27-,28+/m0/s1. The van der Waals surface area contributed by atoms with E-state index in [1.807, 2.05) is 5.57 Å². The van der Waals surface area contributed by atoms with Gasteiger partial charge in [0.25, 0.3) is 0 Å². The van der Waals surface area contributed by atoms with Crippen molar-refractivity contribution in [1.82, 2.24) is 0 Å². The number of aliphatic hydroxyl groups is 1. The van der Waals surface area contributed by atoms with E-state index in [1.54, 1.807) is 0 Å². The van der Waals surface area contributed by atoms with Crippen molar-refractivity contribution < 1.29 is 5.11 Å². The molecule has 0 aromatic carbocycles. The van der Waals surface area contributed by atoms with Crippen LogP contribution in [-0.2, 0) is 0 Å². The van der Waals surface area contributed by atoms with Gasteiger partial charge in [-0.25, -0.2) is 0 Å². The second-order valence-corrected chi connectivity index (χ2v) is 12.4. The minimum Gasteiger partial charge on any atom is -0.396 e. The molecule has 4 aliphatic carbocycles. The normalized spacial score (nSPS) is 44.8. The molecule has 1 heteroatoms. The molecule has 0 bridgehead atoms. The summed E-state index contributed by atoms with van der Waals surface area (Å²) < 4.78 is 0. The molecule has 29 heavy (non-hydrogen) atoms. The average molecular weight is 401 g/mol. The molecule has 3 fully saturated rings. The topological polar surface area (TPSA) is 20.2 Å². The van der Waals surface area contributed by atoms with Gasteiger partial charge in [0.1, 0.15) is 0 Å². The first-order valence-electron chi connectivity index (χ1n) is 13.1. The number of hydrogen-bond acceptors (Lipinski definition) is 1. The van der Waals surface area contributed by atoms with Gasteiger partial charge >= 0.3 is 0 Å². The first kappa shape index (κ1) is 21.9. The molecule has 9 atom stereocenters. The van der Waals surface area contributed by atoms with Gasteiger partial charge in [0.05, 0.1) is 0 Å². The predicted octanol–water partition coefficient (Wildman–Crippen LogP) is 7.64. The predicted molar refractivity (Wildman–Crippen MR) is 124 cm³/mol. The molecule has 4 aliphatic rings. The number of aliphatic hydroxyl groups excluding tert-OH is 1. The van der Waals surface area contributed by atoms with E-state index in [1.165, 1.54) is 70.6 Å². The third-order valence-corrected chi connectivity index (χ3v) is 11.0. The Morgan fingerprint density at radius 2 is 1.76 bits per heavy atom. The quantitative estimate of drug-likeness (QED) is 0.454. The Balaban J connectivity index is 1.48. The van der Waals surface area contributed by atoms with Crippen LogP contribution >= 0.6 is 0 Å². The summed E-state index contributed by atoms with van der Waals surface area (Å²) in [6, 6.07) is 0. The summed E-state index contributed by atoms with van der Waals surface area (Å²) in [6.07, 6.45) is 18.6. The molecule has 2 unspecified atom stereocenters. The lowest BCUT2D eigenvalue weighted by Crippen LogP contribution is -2.47. The number of rotatable bonds is 6. The van der Waals surface area contributed by atoms with Gasteiger partial charge in [-0.3, -0.25) is 0 Å². The zero-order valence-corrected chi connectivity index (χ0v) is 20.1. The van der Waals surface area contributed by atoms with Gasteiger partial charge in [-0.05, 0) is 97.2 Å². The lowest BCUT2D eigenvalue weighted by molar-refractivity contribution is 0.0188. The zero-order chi connectivity index (χ0) is 20.8. The number of hydrogen-bond donors (Lipinski definition) is 1. The Morgan fingerprint density at radius 3 is 2.52 bits per heavy atom. The van der Waals surface area contributed by atoms with Gasteiger partial charge in [0, 0.05) is 6.61 Å². The van der Waals surface area contributed by atoms with Crippen LogP contribution in [0.2, 0.25) is 0 Å². The van der Waals surface area contributed by atoms with Crippen LogP contribution in [0.4, 0.5) is 0 Å². The van der Waals surface area contributed by atoms with E-state index in [4.69, 9.17) is 0 Å². The van der Waals surface area contributed by atoms with Crippen LogP contribution in [0.1, 0.15) is 105 Å². The molecule has 4 rings (SSSR count). The van der Waals surface area contributed by atoms with Gasteiger partial charge in [-0.1, -0.05) is 72.0 Å². The third kappa shape index (κ3) is 3.66. The lowest BCUT2D eigenvalue weighted by Gasteiger charge is -2.56. The van der Waals surface area contributed by atoms with Crippen molar-refractivity contribution in [1.29, 1.82) is 0 Å². The van der Waals surface area contributed by atoms with Gasteiger partial charge < -0.3 is 5.11 Å². The van der Waals surface area contributed by atoms with Crippen molar-refractivity contribution in [3.8, 4) is 0 Å². The molecule has 0 heterocycles. The van der Waals surface area contributed by atoms with E-state index in [9.17, 15) is 5.11 Å². The molecule has 166 valence electrons. The van der Waals surface area contributed by atoms with Crippen LogP contribution < -0.4 is 0 Å². The first-order valence-corrected chi connectivity index (χ1v) is 13.1. The fourth-order valence-electron chi connectivity index (χ4n) is 8.72. The van der Waals surface area contributed by atoms with E-state index in [-0.39, 0.29) is 0 Å². The molecule has 0 aromatic rings. The first-order chi connectivity index (χ1) is 13.8. The maximum absolute atomic E-state index is 9.48. The highest BCUT2D eigenvalue weighted by Crippen LogP contribution is 2.66. The van der Waals surface area contributed by atoms with Crippen molar-refractivity contribution in [2.24, 2.45) is 52.3 Å². The van der Waals surface area contributed by atoms with Crippen molar-refractivity contribution in [3.05, 3.63) is 11.6 Å². The molecule has 0 amide bonds. The van der Waals surface area contributed by atoms with Gasteiger partial charge in [0.15, 0.2) is 0 Å². The molecule has 0 saturated heterocycles. The van der Waals surface area contributed by atoms with Gasteiger partial charge in [-0.2, -0.15) is 0 Å². The molecule has 0 aromatic heterocycles. The van der Waals surface area contributed by atoms with Crippen molar-refractivity contribution in [3.63, 3.8) is 0 Å². The summed E-state index contributed by atoms with van der Waals surface area (Å²) in [6.45, 7) is 12.8. The third-order valence-electron chi connectivity index (χ3n) is 11.0. The molecule has 3 saturated carbocycles. The van der Waals surface area contributed by atoms with Crippen molar-refractivity contribution >= 4 is 0 Å². The zero-order valence-electron chi connectivity index (χ0n) is 20.1. The molecule has 1 nitrogen and oxygen atoms in total. The van der Waals surface area contributed by atoms with E-state index < -0.39 is 0 Å². The van der Waals surface area contributed by atoms with E-state index in [2.05, 4.69) is 40.7 Å². The molecular formula is C28H48O. The monoisotopic (exact) mass is 400 g/mol. The SMILES string of the molecule is CC(CO)[C@@H](C)CC[C@@H](C)[C@H]1CC[C@H]2[C@@H]3CCC4CCCC[C@]4(C)C3=CC[C@]12C. The van der Waals surface area contributed by atoms with Crippen LogP contribution in [0.5, 0.6) is 0 Å². The highest BCUT2D eigenvalue weighted by Gasteiger charge is 2.57. The summed E-state index contributed by atoms with van der Waals surface area (Å²) >= 11 is 0. The van der Waals surface area contributed by atoms with Crippen LogP contribution in [0, 0.1) is 52.3 Å². The van der Waals surface area contributed by atoms with Gasteiger partial charge in [-0.15, -0.1) is 0 Å². The van der Waals surface area contributed by atoms with Crippen molar-refractivity contribution in [2.45, 2.75) is 105 Å². The molecule has 0 radical (unpaired) electrons. The summed E-state index contributed by atoms with van der Waals surface area (Å²) in [5, 5.41) is 9.48. The van der Waals surface area contributed by atoms with Crippen molar-refractivity contribution in [2.75, 3.05) is 6.61 Å². The maximum atomic E-state index is 9.48. The second kappa shape index (κ2) is 8.33. The Hall–Kier alpha value is -0.300. The largest absolute Gasteiger partial charge is 0.396 e. The minimum absolute atomic E-state index is 0.341.